The van der Waals surface area contributed by atoms with Crippen molar-refractivity contribution in [1.82, 2.24) is 9.66 Å². The van der Waals surface area contributed by atoms with Crippen LogP contribution in [0.3, 0.4) is 0 Å². The van der Waals surface area contributed by atoms with Gasteiger partial charge in [0.1, 0.15) is 18.2 Å². The Kier molecular flexibility index (Phi) is 7.54. The Hall–Kier alpha value is -2.96. The summed E-state index contributed by atoms with van der Waals surface area (Å²) in [7, 11) is 0. The van der Waals surface area contributed by atoms with Crippen LogP contribution < -0.4 is 10.3 Å². The van der Waals surface area contributed by atoms with E-state index in [9.17, 15) is 4.79 Å². The number of aromatic nitrogens is 2. The first-order valence-corrected chi connectivity index (χ1v) is 13.4. The zero-order chi connectivity index (χ0) is 25.1. The Balaban J connectivity index is 1.54. The van der Waals surface area contributed by atoms with Gasteiger partial charge < -0.3 is 4.74 Å². The predicted molar refractivity (Wildman–Crippen MR) is 149 cm³/mol. The van der Waals surface area contributed by atoms with Crippen molar-refractivity contribution in [2.45, 2.75) is 51.6 Å². The smallest absolute Gasteiger partial charge is 0.282 e. The summed E-state index contributed by atoms with van der Waals surface area (Å²) in [6.45, 7) is 2.45. The van der Waals surface area contributed by atoms with E-state index < -0.39 is 0 Å². The Bertz CT molecular complexity index is 1470. The predicted octanol–water partition coefficient (Wildman–Crippen LogP) is 7.63. The third kappa shape index (κ3) is 5.40. The summed E-state index contributed by atoms with van der Waals surface area (Å²) >= 11 is 9.95. The first-order valence-electron chi connectivity index (χ1n) is 12.2. The zero-order valence-corrected chi connectivity index (χ0v) is 22.4. The number of aryl methyl sites for hydroxylation is 1. The fourth-order valence-electron chi connectivity index (χ4n) is 4.67. The SMILES string of the molecule is Cc1ccc(COc2c(Br)cc(Cl)cc2C=Nn2c(C3CCCCC3)nc3ccccc3c2=O)cc1. The van der Waals surface area contributed by atoms with Gasteiger partial charge >= 0.3 is 0 Å². The fourth-order valence-corrected chi connectivity index (χ4v) is 5.61. The molecule has 1 aliphatic rings. The molecule has 4 aromatic rings. The largest absolute Gasteiger partial charge is 0.487 e. The van der Waals surface area contributed by atoms with Crippen LogP contribution in [0.15, 0.2) is 75.0 Å². The molecule has 0 bridgehead atoms. The van der Waals surface area contributed by atoms with Gasteiger partial charge in [0.2, 0.25) is 0 Å². The van der Waals surface area contributed by atoms with Crippen molar-refractivity contribution in [3.63, 3.8) is 0 Å². The van der Waals surface area contributed by atoms with Crippen LogP contribution in [0.1, 0.15) is 60.5 Å². The maximum absolute atomic E-state index is 13.5. The normalized spacial score (nSPS) is 14.5. The molecule has 0 amide bonds. The number of nitrogens with zero attached hydrogens (tertiary/aromatic N) is 3. The monoisotopic (exact) mass is 563 g/mol. The number of rotatable bonds is 6. The molecule has 0 N–H and O–H groups in total. The minimum atomic E-state index is -0.166. The molecule has 184 valence electrons. The topological polar surface area (TPSA) is 56.5 Å². The second kappa shape index (κ2) is 11.0. The Morgan fingerprint density at radius 2 is 1.86 bits per heavy atom. The van der Waals surface area contributed by atoms with Crippen LogP contribution >= 0.6 is 27.5 Å². The van der Waals surface area contributed by atoms with Gasteiger partial charge in [-0.25, -0.2) is 4.98 Å². The first-order chi connectivity index (χ1) is 17.5. The number of benzene rings is 3. The quantitative estimate of drug-likeness (QED) is 0.226. The molecule has 1 fully saturated rings. The number of ether oxygens (including phenoxy) is 1. The van der Waals surface area contributed by atoms with Crippen molar-refractivity contribution < 1.29 is 4.74 Å². The van der Waals surface area contributed by atoms with Crippen molar-refractivity contribution in [1.29, 1.82) is 0 Å². The second-order valence-electron chi connectivity index (χ2n) is 9.26. The van der Waals surface area contributed by atoms with Crippen molar-refractivity contribution in [2.24, 2.45) is 5.10 Å². The molecule has 1 aliphatic carbocycles. The van der Waals surface area contributed by atoms with Crippen LogP contribution in [0.4, 0.5) is 0 Å². The van der Waals surface area contributed by atoms with Gasteiger partial charge in [-0.3, -0.25) is 4.79 Å². The van der Waals surface area contributed by atoms with Crippen molar-refractivity contribution in [3.05, 3.63) is 103 Å². The standard InChI is InChI=1S/C29H27BrClN3O2/c1-19-11-13-20(14-12-19)18-36-27-22(15-23(31)16-25(27)30)17-32-34-28(21-7-3-2-4-8-21)33-26-10-6-5-9-24(26)29(34)35/h5-6,9-17,21H,2-4,7-8,18H2,1H3. The van der Waals surface area contributed by atoms with Crippen molar-refractivity contribution in [3.8, 4) is 5.75 Å². The Morgan fingerprint density at radius 1 is 1.11 bits per heavy atom. The molecule has 0 unspecified atom stereocenters. The summed E-state index contributed by atoms with van der Waals surface area (Å²) < 4.78 is 8.38. The van der Waals surface area contributed by atoms with E-state index in [4.69, 9.17) is 21.3 Å². The highest BCUT2D eigenvalue weighted by Gasteiger charge is 2.22. The maximum Gasteiger partial charge on any atom is 0.282 e. The first kappa shape index (κ1) is 24.7. The van der Waals surface area contributed by atoms with Gasteiger partial charge in [0, 0.05) is 16.5 Å². The number of halogens is 2. The van der Waals surface area contributed by atoms with Gasteiger partial charge in [-0.05, 0) is 65.5 Å². The molecule has 1 heterocycles. The van der Waals surface area contributed by atoms with Crippen LogP contribution in [0.25, 0.3) is 10.9 Å². The number of fused-ring (bicyclic) bond motifs is 1. The molecule has 3 aromatic carbocycles. The summed E-state index contributed by atoms with van der Waals surface area (Å²) in [5, 5.41) is 5.77. The molecule has 0 radical (unpaired) electrons. The number of hydrogen-bond acceptors (Lipinski definition) is 4. The maximum atomic E-state index is 13.5. The minimum Gasteiger partial charge on any atom is -0.487 e. The molecule has 7 heteroatoms. The minimum absolute atomic E-state index is 0.166. The van der Waals surface area contributed by atoms with E-state index in [0.29, 0.717) is 33.8 Å². The van der Waals surface area contributed by atoms with Gasteiger partial charge in [-0.1, -0.05) is 72.8 Å². The molecule has 36 heavy (non-hydrogen) atoms. The van der Waals surface area contributed by atoms with Crippen LogP contribution in [-0.4, -0.2) is 15.9 Å². The lowest BCUT2D eigenvalue weighted by molar-refractivity contribution is 0.304. The molecule has 5 rings (SSSR count). The molecule has 1 saturated carbocycles. The highest BCUT2D eigenvalue weighted by Crippen LogP contribution is 2.34. The third-order valence-corrected chi connectivity index (χ3v) is 7.41. The molecule has 0 aliphatic heterocycles. The molecule has 1 aromatic heterocycles. The molecule has 0 saturated heterocycles. The van der Waals surface area contributed by atoms with E-state index in [1.54, 1.807) is 24.4 Å². The van der Waals surface area contributed by atoms with E-state index in [1.165, 1.54) is 16.7 Å². The van der Waals surface area contributed by atoms with E-state index in [2.05, 4.69) is 40.1 Å². The lowest BCUT2D eigenvalue weighted by Gasteiger charge is -2.22. The van der Waals surface area contributed by atoms with Crippen molar-refractivity contribution in [2.75, 3.05) is 0 Å². The van der Waals surface area contributed by atoms with Crippen LogP contribution in [0.5, 0.6) is 5.75 Å². The summed E-state index contributed by atoms with van der Waals surface area (Å²) in [6.07, 6.45) is 7.15. The molecule has 0 atom stereocenters. The van der Waals surface area contributed by atoms with Gasteiger partial charge in [0.15, 0.2) is 0 Å². The Labute approximate surface area is 223 Å². The fraction of sp³-hybridized carbons (Fsp3) is 0.276. The lowest BCUT2D eigenvalue weighted by atomic mass is 9.88. The highest BCUT2D eigenvalue weighted by molar-refractivity contribution is 9.10. The van der Waals surface area contributed by atoms with E-state index in [0.717, 1.165) is 41.5 Å². The van der Waals surface area contributed by atoms with E-state index >= 15 is 0 Å². The Morgan fingerprint density at radius 3 is 2.64 bits per heavy atom. The summed E-state index contributed by atoms with van der Waals surface area (Å²) in [5.74, 6) is 1.54. The van der Waals surface area contributed by atoms with Gasteiger partial charge in [-0.15, -0.1) is 0 Å². The van der Waals surface area contributed by atoms with Crippen LogP contribution in [-0.2, 0) is 6.61 Å². The summed E-state index contributed by atoms with van der Waals surface area (Å²) in [4.78, 5) is 18.4. The van der Waals surface area contributed by atoms with Crippen LogP contribution in [0.2, 0.25) is 5.02 Å². The second-order valence-corrected chi connectivity index (χ2v) is 10.6. The van der Waals surface area contributed by atoms with Gasteiger partial charge in [0.05, 0.1) is 21.6 Å². The van der Waals surface area contributed by atoms with Gasteiger partial charge in [-0.2, -0.15) is 9.78 Å². The summed E-state index contributed by atoms with van der Waals surface area (Å²) in [6, 6.07) is 19.2. The third-order valence-electron chi connectivity index (χ3n) is 6.60. The van der Waals surface area contributed by atoms with E-state index in [1.807, 2.05) is 30.3 Å². The summed E-state index contributed by atoms with van der Waals surface area (Å²) in [5.41, 5.74) is 3.47. The van der Waals surface area contributed by atoms with E-state index in [-0.39, 0.29) is 11.5 Å². The lowest BCUT2D eigenvalue weighted by Crippen LogP contribution is -2.25. The molecular weight excluding hydrogens is 538 g/mol. The number of hydrogen-bond donors (Lipinski definition) is 0. The highest BCUT2D eigenvalue weighted by atomic mass is 79.9. The van der Waals surface area contributed by atoms with Crippen LogP contribution in [0, 0.1) is 6.92 Å². The average molecular weight is 565 g/mol. The van der Waals surface area contributed by atoms with Crippen molar-refractivity contribution >= 4 is 44.6 Å². The van der Waals surface area contributed by atoms with Gasteiger partial charge in [0.25, 0.3) is 5.56 Å². The molecule has 5 nitrogen and oxygen atoms in total. The molecule has 0 spiro atoms. The average Bonchev–Trinajstić information content (AvgIpc) is 2.89. The number of para-hydroxylation sites is 1. The zero-order valence-electron chi connectivity index (χ0n) is 20.1. The molecular formula is C29H27BrClN3O2.